The van der Waals surface area contributed by atoms with Gasteiger partial charge in [-0.3, -0.25) is 14.5 Å². The monoisotopic (exact) mass is 357 g/mol. The topological polar surface area (TPSA) is 52.7 Å². The van der Waals surface area contributed by atoms with Gasteiger partial charge in [0, 0.05) is 48.9 Å². The maximum absolute atomic E-state index is 12.9. The summed E-state index contributed by atoms with van der Waals surface area (Å²) in [6.45, 7) is 9.14. The van der Waals surface area contributed by atoms with Crippen LogP contribution in [-0.4, -0.2) is 53.8 Å². The first-order valence-electron chi connectivity index (χ1n) is 9.79. The molecule has 142 valence electrons. The fourth-order valence-electron chi connectivity index (χ4n) is 3.79. The van der Waals surface area contributed by atoms with E-state index in [2.05, 4.69) is 10.2 Å². The molecule has 1 heterocycles. The van der Waals surface area contributed by atoms with Crippen LogP contribution < -0.4 is 5.32 Å². The molecule has 1 aliphatic heterocycles. The largest absolute Gasteiger partial charge is 0.336 e. The Hall–Kier alpha value is -1.88. The summed E-state index contributed by atoms with van der Waals surface area (Å²) < 4.78 is 0. The molecule has 0 aromatic heterocycles. The van der Waals surface area contributed by atoms with Crippen molar-refractivity contribution in [2.75, 3.05) is 31.5 Å². The van der Waals surface area contributed by atoms with Crippen LogP contribution in [-0.2, 0) is 4.79 Å². The minimum Gasteiger partial charge on any atom is -0.336 e. The number of amides is 2. The Kier molecular flexibility index (Phi) is 5.66. The summed E-state index contributed by atoms with van der Waals surface area (Å²) in [6.07, 6.45) is 5.31. The third kappa shape index (κ3) is 4.44. The molecule has 1 saturated carbocycles. The fraction of sp³-hybridized carbons (Fsp3) is 0.619. The summed E-state index contributed by atoms with van der Waals surface area (Å²) >= 11 is 0. The van der Waals surface area contributed by atoms with E-state index in [9.17, 15) is 9.59 Å². The Morgan fingerprint density at radius 2 is 1.69 bits per heavy atom. The van der Waals surface area contributed by atoms with E-state index in [4.69, 9.17) is 0 Å². The van der Waals surface area contributed by atoms with Gasteiger partial charge < -0.3 is 10.2 Å². The van der Waals surface area contributed by atoms with Crippen LogP contribution >= 0.6 is 0 Å². The number of hydrogen-bond acceptors (Lipinski definition) is 3. The lowest BCUT2D eigenvalue weighted by atomic mass is 9.95. The van der Waals surface area contributed by atoms with E-state index in [0.29, 0.717) is 11.3 Å². The zero-order valence-electron chi connectivity index (χ0n) is 16.3. The third-order valence-electron chi connectivity index (χ3n) is 5.49. The van der Waals surface area contributed by atoms with E-state index in [1.165, 1.54) is 25.7 Å². The first-order valence-corrected chi connectivity index (χ1v) is 9.79. The van der Waals surface area contributed by atoms with Gasteiger partial charge in [-0.05, 0) is 31.0 Å². The summed E-state index contributed by atoms with van der Waals surface area (Å²) in [5.41, 5.74) is 0.864. The summed E-state index contributed by atoms with van der Waals surface area (Å²) in [7, 11) is 0. The molecular formula is C21H31N3O2. The van der Waals surface area contributed by atoms with E-state index in [1.54, 1.807) is 6.07 Å². The Balaban J connectivity index is 1.60. The van der Waals surface area contributed by atoms with E-state index < -0.39 is 5.41 Å². The summed E-state index contributed by atoms with van der Waals surface area (Å²) in [5, 5.41) is 2.91. The van der Waals surface area contributed by atoms with Gasteiger partial charge in [0.25, 0.3) is 5.91 Å². The molecule has 26 heavy (non-hydrogen) atoms. The van der Waals surface area contributed by atoms with Crippen LogP contribution in [0, 0.1) is 5.41 Å². The van der Waals surface area contributed by atoms with Crippen molar-refractivity contribution in [3.63, 3.8) is 0 Å². The average molecular weight is 357 g/mol. The molecule has 1 aromatic rings. The standard InChI is InChI=1S/C21H31N3O2/c1-21(2,3)20(26)22-17-8-6-7-16(15-17)19(25)24-13-11-23(12-14-24)18-9-4-5-10-18/h6-8,15,18H,4-5,9-14H2,1-3H3,(H,22,26). The van der Waals surface area contributed by atoms with Gasteiger partial charge in [0.1, 0.15) is 0 Å². The van der Waals surface area contributed by atoms with Crippen LogP contribution in [0.4, 0.5) is 5.69 Å². The smallest absolute Gasteiger partial charge is 0.254 e. The number of anilines is 1. The third-order valence-corrected chi connectivity index (χ3v) is 5.49. The second-order valence-corrected chi connectivity index (χ2v) is 8.55. The fourth-order valence-corrected chi connectivity index (χ4v) is 3.79. The molecule has 1 saturated heterocycles. The lowest BCUT2D eigenvalue weighted by Crippen LogP contribution is -2.51. The van der Waals surface area contributed by atoms with Crippen molar-refractivity contribution in [3.05, 3.63) is 29.8 Å². The zero-order chi connectivity index (χ0) is 18.7. The summed E-state index contributed by atoms with van der Waals surface area (Å²) in [6, 6.07) is 8.01. The van der Waals surface area contributed by atoms with Crippen LogP contribution in [0.3, 0.4) is 0 Å². The Morgan fingerprint density at radius 1 is 1.04 bits per heavy atom. The highest BCUT2D eigenvalue weighted by atomic mass is 16.2. The molecule has 5 heteroatoms. The first-order chi connectivity index (χ1) is 12.3. The molecule has 1 aliphatic carbocycles. The molecule has 3 rings (SSSR count). The van der Waals surface area contributed by atoms with Gasteiger partial charge in [0.15, 0.2) is 0 Å². The van der Waals surface area contributed by atoms with Gasteiger partial charge in [-0.25, -0.2) is 0 Å². The maximum Gasteiger partial charge on any atom is 0.254 e. The maximum atomic E-state index is 12.9. The quantitative estimate of drug-likeness (QED) is 0.902. The highest BCUT2D eigenvalue weighted by molar-refractivity contribution is 5.98. The number of nitrogens with zero attached hydrogens (tertiary/aromatic N) is 2. The van der Waals surface area contributed by atoms with Crippen LogP contribution in [0.2, 0.25) is 0 Å². The van der Waals surface area contributed by atoms with Gasteiger partial charge in [0.05, 0.1) is 0 Å². The lowest BCUT2D eigenvalue weighted by molar-refractivity contribution is -0.123. The van der Waals surface area contributed by atoms with Crippen molar-refractivity contribution in [1.82, 2.24) is 9.80 Å². The summed E-state index contributed by atoms with van der Waals surface area (Å²) in [5.74, 6) is 0.00945. The van der Waals surface area contributed by atoms with Crippen molar-refractivity contribution in [2.24, 2.45) is 5.41 Å². The van der Waals surface area contributed by atoms with Crippen LogP contribution in [0.5, 0.6) is 0 Å². The second-order valence-electron chi connectivity index (χ2n) is 8.55. The molecule has 2 aliphatic rings. The van der Waals surface area contributed by atoms with E-state index in [1.807, 2.05) is 43.9 Å². The number of piperazine rings is 1. The number of nitrogens with one attached hydrogen (secondary N) is 1. The summed E-state index contributed by atoms with van der Waals surface area (Å²) in [4.78, 5) is 29.5. The van der Waals surface area contributed by atoms with Crippen molar-refractivity contribution >= 4 is 17.5 Å². The Labute approximate surface area is 156 Å². The molecular weight excluding hydrogens is 326 g/mol. The van der Waals surface area contributed by atoms with Crippen molar-refractivity contribution < 1.29 is 9.59 Å². The minimum absolute atomic E-state index is 0.0488. The molecule has 0 atom stereocenters. The van der Waals surface area contributed by atoms with Crippen molar-refractivity contribution in [1.29, 1.82) is 0 Å². The zero-order valence-corrected chi connectivity index (χ0v) is 16.3. The Bertz CT molecular complexity index is 651. The molecule has 2 amide bonds. The van der Waals surface area contributed by atoms with Crippen LogP contribution in [0.1, 0.15) is 56.8 Å². The number of hydrogen-bond donors (Lipinski definition) is 1. The van der Waals surface area contributed by atoms with E-state index >= 15 is 0 Å². The van der Waals surface area contributed by atoms with Gasteiger partial charge >= 0.3 is 0 Å². The molecule has 1 aromatic carbocycles. The van der Waals surface area contributed by atoms with Crippen LogP contribution in [0.15, 0.2) is 24.3 Å². The van der Waals surface area contributed by atoms with E-state index in [0.717, 1.165) is 32.2 Å². The second kappa shape index (κ2) is 7.78. The molecule has 2 fully saturated rings. The highest BCUT2D eigenvalue weighted by Gasteiger charge is 2.28. The Morgan fingerprint density at radius 3 is 2.31 bits per heavy atom. The SMILES string of the molecule is CC(C)(C)C(=O)Nc1cccc(C(=O)N2CCN(C3CCCC3)CC2)c1. The number of carbonyl (C=O) groups excluding carboxylic acids is 2. The van der Waals surface area contributed by atoms with Crippen molar-refractivity contribution in [3.8, 4) is 0 Å². The lowest BCUT2D eigenvalue weighted by Gasteiger charge is -2.38. The molecule has 1 N–H and O–H groups in total. The molecule has 0 bridgehead atoms. The number of benzene rings is 1. The normalized spacial score (nSPS) is 19.6. The van der Waals surface area contributed by atoms with Gasteiger partial charge in [-0.15, -0.1) is 0 Å². The average Bonchev–Trinajstić information content (AvgIpc) is 3.15. The predicted octanol–water partition coefficient (Wildman–Crippen LogP) is 3.37. The van der Waals surface area contributed by atoms with Crippen LogP contribution in [0.25, 0.3) is 0 Å². The van der Waals surface area contributed by atoms with Crippen molar-refractivity contribution in [2.45, 2.75) is 52.5 Å². The first kappa shape index (κ1) is 18.9. The molecule has 0 spiro atoms. The van der Waals surface area contributed by atoms with Gasteiger partial charge in [-0.2, -0.15) is 0 Å². The number of carbonyl (C=O) groups is 2. The molecule has 5 nitrogen and oxygen atoms in total. The minimum atomic E-state index is -0.462. The van der Waals surface area contributed by atoms with E-state index in [-0.39, 0.29) is 11.8 Å². The highest BCUT2D eigenvalue weighted by Crippen LogP contribution is 2.25. The van der Waals surface area contributed by atoms with Gasteiger partial charge in [0.2, 0.25) is 5.91 Å². The number of rotatable bonds is 3. The van der Waals surface area contributed by atoms with Gasteiger partial charge in [-0.1, -0.05) is 39.7 Å². The predicted molar refractivity (Wildman–Crippen MR) is 104 cm³/mol. The molecule has 0 unspecified atom stereocenters. The molecule has 0 radical (unpaired) electrons.